The number of amides is 1. The highest BCUT2D eigenvalue weighted by atomic mass is 19.1. The molecule has 1 fully saturated rings. The average molecular weight is 383 g/mol. The van der Waals surface area contributed by atoms with E-state index in [2.05, 4.69) is 9.97 Å². The molecule has 5 nitrogen and oxygen atoms in total. The van der Waals surface area contributed by atoms with Crippen LogP contribution in [0.3, 0.4) is 0 Å². The van der Waals surface area contributed by atoms with E-state index in [9.17, 15) is 18.4 Å². The van der Waals surface area contributed by atoms with E-state index in [0.717, 1.165) is 29.3 Å². The lowest BCUT2D eigenvalue weighted by Gasteiger charge is -2.32. The summed E-state index contributed by atoms with van der Waals surface area (Å²) in [6, 6.07) is 8.72. The third-order valence-electron chi connectivity index (χ3n) is 5.26. The van der Waals surface area contributed by atoms with Crippen LogP contribution in [0.25, 0.3) is 10.9 Å². The Labute approximate surface area is 160 Å². The maximum atomic E-state index is 13.8. The third kappa shape index (κ3) is 3.65. The summed E-state index contributed by atoms with van der Waals surface area (Å²) in [5.41, 5.74) is 1.11. The molecule has 28 heavy (non-hydrogen) atoms. The van der Waals surface area contributed by atoms with Crippen LogP contribution in [0.15, 0.2) is 47.4 Å². The van der Waals surface area contributed by atoms with Crippen LogP contribution >= 0.6 is 0 Å². The zero-order valence-corrected chi connectivity index (χ0v) is 15.1. The number of nitrogens with one attached hydrogen (secondary N) is 1. The summed E-state index contributed by atoms with van der Waals surface area (Å²) in [5, 5.41) is 0.793. The van der Waals surface area contributed by atoms with E-state index in [4.69, 9.17) is 0 Å². The molecule has 3 aromatic rings. The molecule has 7 heteroatoms. The van der Waals surface area contributed by atoms with E-state index in [0.29, 0.717) is 31.4 Å². The summed E-state index contributed by atoms with van der Waals surface area (Å²) in [7, 11) is 0. The highest BCUT2D eigenvalue weighted by Crippen LogP contribution is 2.28. The van der Waals surface area contributed by atoms with Crippen molar-refractivity contribution in [3.63, 3.8) is 0 Å². The van der Waals surface area contributed by atoms with Gasteiger partial charge in [0, 0.05) is 41.8 Å². The Hall–Kier alpha value is -3.09. The van der Waals surface area contributed by atoms with E-state index in [1.54, 1.807) is 17.2 Å². The van der Waals surface area contributed by atoms with Gasteiger partial charge in [-0.1, -0.05) is 6.07 Å². The van der Waals surface area contributed by atoms with Gasteiger partial charge >= 0.3 is 0 Å². The van der Waals surface area contributed by atoms with Crippen LogP contribution in [-0.4, -0.2) is 33.9 Å². The number of aromatic nitrogens is 2. The second-order valence-electron chi connectivity index (χ2n) is 7.06. The number of carbonyl (C=O) groups is 1. The Morgan fingerprint density at radius 3 is 2.75 bits per heavy atom. The molecule has 0 saturated carbocycles. The Kier molecular flexibility index (Phi) is 4.90. The van der Waals surface area contributed by atoms with E-state index in [1.165, 1.54) is 0 Å². The molecular formula is C21H19F2N3O2. The van der Waals surface area contributed by atoms with Gasteiger partial charge in [0.25, 0.3) is 5.56 Å². The summed E-state index contributed by atoms with van der Waals surface area (Å²) >= 11 is 0. The standard InChI is InChI=1S/C21H19F2N3O2/c22-16-3-4-17(23)15(10-16)12-19(27)26-8-5-13(6-9-26)18-11-14-2-1-7-24-20(14)21(28)25-18/h1-4,7,10-11,13H,5-6,8-9,12H2,(H,25,28). The minimum atomic E-state index is -0.577. The number of piperidine rings is 1. The van der Waals surface area contributed by atoms with Crippen LogP contribution in [0.5, 0.6) is 0 Å². The molecule has 0 spiro atoms. The number of hydrogen-bond donors (Lipinski definition) is 1. The first-order valence-corrected chi connectivity index (χ1v) is 9.21. The molecule has 4 rings (SSSR count). The smallest absolute Gasteiger partial charge is 0.274 e. The van der Waals surface area contributed by atoms with Crippen LogP contribution in [-0.2, 0) is 11.2 Å². The lowest BCUT2D eigenvalue weighted by atomic mass is 9.92. The number of likely N-dealkylation sites (tertiary alicyclic amines) is 1. The molecule has 1 aromatic carbocycles. The Morgan fingerprint density at radius 2 is 1.96 bits per heavy atom. The lowest BCUT2D eigenvalue weighted by Crippen LogP contribution is -2.39. The van der Waals surface area contributed by atoms with Gasteiger partial charge in [-0.3, -0.25) is 14.6 Å². The molecule has 1 aliphatic heterocycles. The van der Waals surface area contributed by atoms with Gasteiger partial charge in [-0.05, 0) is 43.2 Å². The zero-order valence-electron chi connectivity index (χ0n) is 15.1. The number of halogens is 2. The van der Waals surface area contributed by atoms with Crippen molar-refractivity contribution in [1.82, 2.24) is 14.9 Å². The SMILES string of the molecule is O=C(Cc1cc(F)ccc1F)N1CCC(c2cc3cccnc3c(=O)[nH]2)CC1. The molecule has 1 N–H and O–H groups in total. The van der Waals surface area contributed by atoms with Gasteiger partial charge in [0.15, 0.2) is 0 Å². The molecule has 0 atom stereocenters. The Bertz CT molecular complexity index is 1090. The fraction of sp³-hybridized carbons (Fsp3) is 0.286. The van der Waals surface area contributed by atoms with Gasteiger partial charge in [0.1, 0.15) is 17.2 Å². The molecule has 2 aromatic heterocycles. The number of H-pyrrole nitrogens is 1. The van der Waals surface area contributed by atoms with E-state index >= 15 is 0 Å². The number of rotatable bonds is 3. The van der Waals surface area contributed by atoms with E-state index < -0.39 is 11.6 Å². The highest BCUT2D eigenvalue weighted by molar-refractivity contribution is 5.79. The number of pyridine rings is 2. The van der Waals surface area contributed by atoms with Crippen LogP contribution in [0.4, 0.5) is 8.78 Å². The van der Waals surface area contributed by atoms with Crippen molar-refractivity contribution < 1.29 is 13.6 Å². The molecule has 0 radical (unpaired) electrons. The molecule has 144 valence electrons. The number of benzene rings is 1. The van der Waals surface area contributed by atoms with Gasteiger partial charge in [0.05, 0.1) is 6.42 Å². The van der Waals surface area contributed by atoms with Crippen LogP contribution < -0.4 is 5.56 Å². The van der Waals surface area contributed by atoms with Crippen molar-refractivity contribution in [2.75, 3.05) is 13.1 Å². The highest BCUT2D eigenvalue weighted by Gasteiger charge is 2.25. The van der Waals surface area contributed by atoms with E-state index in [-0.39, 0.29) is 29.4 Å². The minimum absolute atomic E-state index is 0.0680. The fourth-order valence-corrected chi connectivity index (χ4v) is 3.73. The van der Waals surface area contributed by atoms with Crippen LogP contribution in [0.2, 0.25) is 0 Å². The molecule has 1 saturated heterocycles. The number of hydrogen-bond acceptors (Lipinski definition) is 3. The predicted molar refractivity (Wildman–Crippen MR) is 101 cm³/mol. The lowest BCUT2D eigenvalue weighted by molar-refractivity contribution is -0.131. The molecule has 0 aliphatic carbocycles. The molecule has 0 unspecified atom stereocenters. The molecule has 0 bridgehead atoms. The van der Waals surface area contributed by atoms with Gasteiger partial charge in [0.2, 0.25) is 5.91 Å². The maximum absolute atomic E-state index is 13.8. The first kappa shape index (κ1) is 18.3. The topological polar surface area (TPSA) is 66.1 Å². The van der Waals surface area contributed by atoms with Gasteiger partial charge in [-0.15, -0.1) is 0 Å². The van der Waals surface area contributed by atoms with Gasteiger partial charge in [-0.25, -0.2) is 8.78 Å². The van der Waals surface area contributed by atoms with Crippen molar-refractivity contribution in [2.24, 2.45) is 0 Å². The minimum Gasteiger partial charge on any atom is -0.342 e. The number of aromatic amines is 1. The second kappa shape index (κ2) is 7.50. The third-order valence-corrected chi connectivity index (χ3v) is 5.26. The number of nitrogens with zero attached hydrogens (tertiary/aromatic N) is 2. The van der Waals surface area contributed by atoms with Crippen molar-refractivity contribution in [1.29, 1.82) is 0 Å². The normalized spacial score (nSPS) is 15.1. The van der Waals surface area contributed by atoms with Crippen molar-refractivity contribution in [2.45, 2.75) is 25.2 Å². The fourth-order valence-electron chi connectivity index (χ4n) is 3.73. The summed E-state index contributed by atoms with van der Waals surface area (Å²) in [5.74, 6) is -1.23. The summed E-state index contributed by atoms with van der Waals surface area (Å²) in [6.45, 7) is 1.01. The summed E-state index contributed by atoms with van der Waals surface area (Å²) in [6.07, 6.45) is 2.81. The van der Waals surface area contributed by atoms with Crippen molar-refractivity contribution >= 4 is 16.8 Å². The predicted octanol–water partition coefficient (Wildman–Crippen LogP) is 3.15. The molecule has 1 amide bonds. The summed E-state index contributed by atoms with van der Waals surface area (Å²) < 4.78 is 27.1. The zero-order chi connectivity index (χ0) is 19.7. The first-order valence-electron chi connectivity index (χ1n) is 9.21. The van der Waals surface area contributed by atoms with E-state index in [1.807, 2.05) is 12.1 Å². The summed E-state index contributed by atoms with van der Waals surface area (Å²) in [4.78, 5) is 33.4. The maximum Gasteiger partial charge on any atom is 0.274 e. The molecule has 1 aliphatic rings. The second-order valence-corrected chi connectivity index (χ2v) is 7.06. The average Bonchev–Trinajstić information content (AvgIpc) is 2.71. The molecular weight excluding hydrogens is 364 g/mol. The van der Waals surface area contributed by atoms with Crippen molar-refractivity contribution in [3.8, 4) is 0 Å². The van der Waals surface area contributed by atoms with Gasteiger partial charge in [-0.2, -0.15) is 0 Å². The largest absolute Gasteiger partial charge is 0.342 e. The molecule has 3 heterocycles. The number of carbonyl (C=O) groups excluding carboxylic acids is 1. The number of fused-ring (bicyclic) bond motifs is 1. The first-order chi connectivity index (χ1) is 13.5. The Balaban J connectivity index is 1.44. The van der Waals surface area contributed by atoms with Crippen LogP contribution in [0.1, 0.15) is 30.0 Å². The Morgan fingerprint density at radius 1 is 1.18 bits per heavy atom. The van der Waals surface area contributed by atoms with Crippen LogP contribution in [0, 0.1) is 11.6 Å². The van der Waals surface area contributed by atoms with Crippen molar-refractivity contribution in [3.05, 3.63) is 75.8 Å². The van der Waals surface area contributed by atoms with Gasteiger partial charge < -0.3 is 9.88 Å². The monoisotopic (exact) mass is 383 g/mol. The quantitative estimate of drug-likeness (QED) is 0.756.